The molecule has 0 aliphatic carbocycles. The van der Waals surface area contributed by atoms with E-state index in [0.717, 1.165) is 5.69 Å². The van der Waals surface area contributed by atoms with Crippen LogP contribution in [-0.4, -0.2) is 52.7 Å². The number of para-hydroxylation sites is 1. The molecule has 0 saturated heterocycles. The zero-order valence-corrected chi connectivity index (χ0v) is 20.4. The van der Waals surface area contributed by atoms with Crippen molar-refractivity contribution in [1.29, 1.82) is 0 Å². The molecule has 3 heterocycles. The number of benzene rings is 1. The number of carboxylic acid groups (broad SMARTS) is 1. The number of aromatic nitrogens is 7. The van der Waals surface area contributed by atoms with Crippen LogP contribution in [0.2, 0.25) is 0 Å². The average molecular weight is 478 g/mol. The number of hydrogen-bond donors (Lipinski definition) is 3. The van der Waals surface area contributed by atoms with Gasteiger partial charge in [0, 0.05) is 31.8 Å². The van der Waals surface area contributed by atoms with E-state index in [1.54, 1.807) is 34.9 Å². The molecule has 0 amide bonds. The highest BCUT2D eigenvalue weighted by molar-refractivity contribution is 5.94. The Morgan fingerprint density at radius 1 is 1.11 bits per heavy atom. The molecule has 3 N–H and O–H groups in total. The van der Waals surface area contributed by atoms with E-state index < -0.39 is 5.97 Å². The van der Waals surface area contributed by atoms with Gasteiger partial charge in [-0.3, -0.25) is 9.36 Å². The Morgan fingerprint density at radius 3 is 2.49 bits per heavy atom. The Balaban J connectivity index is 1.71. The first-order valence-electron chi connectivity index (χ1n) is 10.8. The van der Waals surface area contributed by atoms with E-state index in [0.29, 0.717) is 28.6 Å². The standard InChI is InChI=1S/C23H27N9O3/c1-23(2,3)16-10-17(32(5)29-16)27-22-24-11-14(21(33)34)20(28-22)26-15-9-7-8-13(18(15)35-6)19-25-12-31(4)30-19/h7-12H,1-6H3,(H,33,34)(H2,24,26,27,28). The first-order valence-corrected chi connectivity index (χ1v) is 10.8. The maximum absolute atomic E-state index is 11.9. The van der Waals surface area contributed by atoms with Crippen molar-refractivity contribution in [3.05, 3.63) is 48.0 Å². The van der Waals surface area contributed by atoms with Crippen LogP contribution in [0, 0.1) is 0 Å². The Morgan fingerprint density at radius 2 is 1.89 bits per heavy atom. The summed E-state index contributed by atoms with van der Waals surface area (Å²) in [4.78, 5) is 24.8. The van der Waals surface area contributed by atoms with Gasteiger partial charge in [0.15, 0.2) is 17.4 Å². The second-order valence-corrected chi connectivity index (χ2v) is 8.93. The largest absolute Gasteiger partial charge is 0.494 e. The van der Waals surface area contributed by atoms with Gasteiger partial charge in [-0.1, -0.05) is 26.8 Å². The summed E-state index contributed by atoms with van der Waals surface area (Å²) in [7, 11) is 5.10. The minimum absolute atomic E-state index is 0.0950. The lowest BCUT2D eigenvalue weighted by atomic mass is 9.92. The number of methoxy groups -OCH3 is 1. The van der Waals surface area contributed by atoms with Crippen LogP contribution in [0.4, 0.5) is 23.3 Å². The molecule has 182 valence electrons. The quantitative estimate of drug-likeness (QED) is 0.361. The Labute approximate surface area is 202 Å². The number of ether oxygens (including phenoxy) is 1. The SMILES string of the molecule is COc1c(Nc2nc(Nc3cc(C(C)(C)C)nn3C)ncc2C(=O)O)cccc1-c1ncn(C)n1. The van der Waals surface area contributed by atoms with Gasteiger partial charge in [-0.25, -0.2) is 14.8 Å². The van der Waals surface area contributed by atoms with Crippen LogP contribution in [0.5, 0.6) is 5.75 Å². The topological polar surface area (TPSA) is 145 Å². The summed E-state index contributed by atoms with van der Waals surface area (Å²) in [5.74, 6) is 0.730. The van der Waals surface area contributed by atoms with E-state index in [-0.39, 0.29) is 22.7 Å². The van der Waals surface area contributed by atoms with Gasteiger partial charge in [-0.2, -0.15) is 15.2 Å². The number of carbonyl (C=O) groups is 1. The summed E-state index contributed by atoms with van der Waals surface area (Å²) in [6.45, 7) is 6.21. The summed E-state index contributed by atoms with van der Waals surface area (Å²) in [6, 6.07) is 7.28. The van der Waals surface area contributed by atoms with Gasteiger partial charge in [0.25, 0.3) is 0 Å². The van der Waals surface area contributed by atoms with Crippen molar-refractivity contribution >= 4 is 29.2 Å². The van der Waals surface area contributed by atoms with Gasteiger partial charge in [0.05, 0.1) is 24.1 Å². The fourth-order valence-electron chi connectivity index (χ4n) is 3.38. The molecule has 0 aliphatic rings. The second kappa shape index (κ2) is 9.05. The van der Waals surface area contributed by atoms with Crippen LogP contribution in [0.25, 0.3) is 11.4 Å². The maximum Gasteiger partial charge on any atom is 0.341 e. The van der Waals surface area contributed by atoms with Crippen molar-refractivity contribution in [3.8, 4) is 17.1 Å². The number of hydrogen-bond acceptors (Lipinski definition) is 9. The monoisotopic (exact) mass is 477 g/mol. The van der Waals surface area contributed by atoms with Gasteiger partial charge < -0.3 is 20.5 Å². The average Bonchev–Trinajstić information content (AvgIpc) is 3.39. The third-order valence-electron chi connectivity index (χ3n) is 5.22. The van der Waals surface area contributed by atoms with Gasteiger partial charge >= 0.3 is 5.97 Å². The molecule has 0 spiro atoms. The molecule has 0 bridgehead atoms. The van der Waals surface area contributed by atoms with Crippen LogP contribution in [-0.2, 0) is 19.5 Å². The van der Waals surface area contributed by atoms with Gasteiger partial charge in [-0.05, 0) is 12.1 Å². The molecule has 0 atom stereocenters. The maximum atomic E-state index is 11.9. The van der Waals surface area contributed by atoms with E-state index >= 15 is 0 Å². The van der Waals surface area contributed by atoms with Crippen LogP contribution < -0.4 is 15.4 Å². The molecule has 0 aliphatic heterocycles. The molecule has 1 aromatic carbocycles. The number of anilines is 4. The lowest BCUT2D eigenvalue weighted by Crippen LogP contribution is -2.12. The normalized spacial score (nSPS) is 11.4. The molecule has 4 rings (SSSR count). The van der Waals surface area contributed by atoms with Gasteiger partial charge in [0.2, 0.25) is 5.95 Å². The van der Waals surface area contributed by atoms with Crippen molar-refractivity contribution in [2.75, 3.05) is 17.7 Å². The molecule has 12 nitrogen and oxygen atoms in total. The molecule has 12 heteroatoms. The van der Waals surface area contributed by atoms with E-state index in [9.17, 15) is 9.90 Å². The summed E-state index contributed by atoms with van der Waals surface area (Å²) in [6.07, 6.45) is 2.83. The highest BCUT2D eigenvalue weighted by Gasteiger charge is 2.21. The lowest BCUT2D eigenvalue weighted by molar-refractivity contribution is 0.0697. The second-order valence-electron chi connectivity index (χ2n) is 8.93. The lowest BCUT2D eigenvalue weighted by Gasteiger charge is -2.15. The van der Waals surface area contributed by atoms with Crippen LogP contribution >= 0.6 is 0 Å². The first-order chi connectivity index (χ1) is 16.6. The number of aryl methyl sites for hydroxylation is 2. The van der Waals surface area contributed by atoms with Gasteiger partial charge in [-0.15, -0.1) is 0 Å². The Hall–Kier alpha value is -4.48. The molecular weight excluding hydrogens is 450 g/mol. The van der Waals surface area contributed by atoms with E-state index in [4.69, 9.17) is 4.74 Å². The molecule has 35 heavy (non-hydrogen) atoms. The molecule has 0 fully saturated rings. The summed E-state index contributed by atoms with van der Waals surface area (Å²) in [5, 5.41) is 24.8. The Kier molecular flexibility index (Phi) is 6.12. The third kappa shape index (κ3) is 4.90. The van der Waals surface area contributed by atoms with Crippen LogP contribution in [0.3, 0.4) is 0 Å². The zero-order chi connectivity index (χ0) is 25.3. The predicted octanol–water partition coefficient (Wildman–Crippen LogP) is 3.50. The van der Waals surface area contributed by atoms with E-state index in [1.165, 1.54) is 13.3 Å². The van der Waals surface area contributed by atoms with Crippen molar-refractivity contribution in [2.24, 2.45) is 14.1 Å². The minimum atomic E-state index is -1.17. The number of carboxylic acids is 1. The summed E-state index contributed by atoms with van der Waals surface area (Å²) < 4.78 is 8.89. The van der Waals surface area contributed by atoms with Crippen molar-refractivity contribution in [2.45, 2.75) is 26.2 Å². The highest BCUT2D eigenvalue weighted by atomic mass is 16.5. The summed E-state index contributed by atoms with van der Waals surface area (Å²) in [5.41, 5.74) is 1.81. The van der Waals surface area contributed by atoms with Crippen LogP contribution in [0.1, 0.15) is 36.8 Å². The van der Waals surface area contributed by atoms with Crippen molar-refractivity contribution in [3.63, 3.8) is 0 Å². The number of nitrogens with zero attached hydrogens (tertiary/aromatic N) is 7. The smallest absolute Gasteiger partial charge is 0.341 e. The fraction of sp³-hybridized carbons (Fsp3) is 0.304. The molecule has 4 aromatic rings. The minimum Gasteiger partial charge on any atom is -0.494 e. The highest BCUT2D eigenvalue weighted by Crippen LogP contribution is 2.36. The van der Waals surface area contributed by atoms with Crippen LogP contribution in [0.15, 0.2) is 36.8 Å². The van der Waals surface area contributed by atoms with Gasteiger partial charge in [0.1, 0.15) is 17.7 Å². The fourth-order valence-corrected chi connectivity index (χ4v) is 3.38. The van der Waals surface area contributed by atoms with E-state index in [1.807, 2.05) is 19.2 Å². The summed E-state index contributed by atoms with van der Waals surface area (Å²) >= 11 is 0. The number of nitrogens with one attached hydrogen (secondary N) is 2. The zero-order valence-electron chi connectivity index (χ0n) is 20.4. The third-order valence-corrected chi connectivity index (χ3v) is 5.22. The van der Waals surface area contributed by atoms with E-state index in [2.05, 4.69) is 56.6 Å². The first kappa shape index (κ1) is 23.7. The van der Waals surface area contributed by atoms with Crippen molar-refractivity contribution < 1.29 is 14.6 Å². The molecular formula is C23H27N9O3. The molecule has 0 saturated carbocycles. The molecule has 0 radical (unpaired) electrons. The predicted molar refractivity (Wildman–Crippen MR) is 130 cm³/mol. The molecule has 0 unspecified atom stereocenters. The van der Waals surface area contributed by atoms with Crippen molar-refractivity contribution in [1.82, 2.24) is 34.5 Å². The number of aromatic carboxylic acids is 1. The number of rotatable bonds is 7. The molecule has 3 aromatic heterocycles. The Bertz CT molecular complexity index is 1390.